The average molecular weight is 287 g/mol. The van der Waals surface area contributed by atoms with Crippen molar-refractivity contribution in [3.8, 4) is 0 Å². The van der Waals surface area contributed by atoms with Gasteiger partial charge in [-0.3, -0.25) is 4.79 Å². The zero-order chi connectivity index (χ0) is 11.2. The number of carbonyl (C=O) groups is 1. The SMILES string of the molecule is CC(=O)c1[nH]c2c(Cl)cc(Br)cc2c1C. The highest BCUT2D eigenvalue weighted by molar-refractivity contribution is 9.10. The summed E-state index contributed by atoms with van der Waals surface area (Å²) in [7, 11) is 0. The molecule has 2 rings (SSSR count). The van der Waals surface area contributed by atoms with Gasteiger partial charge in [0.05, 0.1) is 16.2 Å². The summed E-state index contributed by atoms with van der Waals surface area (Å²) in [6, 6.07) is 3.77. The zero-order valence-corrected chi connectivity index (χ0v) is 10.7. The molecule has 0 saturated heterocycles. The van der Waals surface area contributed by atoms with Gasteiger partial charge < -0.3 is 4.98 Å². The van der Waals surface area contributed by atoms with Crippen LogP contribution in [0.3, 0.4) is 0 Å². The van der Waals surface area contributed by atoms with E-state index >= 15 is 0 Å². The van der Waals surface area contributed by atoms with Crippen LogP contribution in [0.15, 0.2) is 16.6 Å². The Morgan fingerprint density at radius 1 is 1.47 bits per heavy atom. The van der Waals surface area contributed by atoms with Crippen LogP contribution in [-0.2, 0) is 0 Å². The lowest BCUT2D eigenvalue weighted by Gasteiger charge is -1.96. The van der Waals surface area contributed by atoms with Gasteiger partial charge in [0.1, 0.15) is 0 Å². The van der Waals surface area contributed by atoms with Crippen molar-refractivity contribution in [2.24, 2.45) is 0 Å². The van der Waals surface area contributed by atoms with Crippen molar-refractivity contribution in [1.29, 1.82) is 0 Å². The Kier molecular flexibility index (Phi) is 2.61. The van der Waals surface area contributed by atoms with Crippen molar-refractivity contribution in [1.82, 2.24) is 4.98 Å². The first-order chi connectivity index (χ1) is 7.00. The molecule has 1 heterocycles. The highest BCUT2D eigenvalue weighted by Crippen LogP contribution is 2.31. The molecule has 0 aliphatic carbocycles. The Balaban J connectivity index is 2.88. The van der Waals surface area contributed by atoms with Crippen molar-refractivity contribution in [3.63, 3.8) is 0 Å². The molecule has 0 bridgehead atoms. The van der Waals surface area contributed by atoms with E-state index in [1.54, 1.807) is 6.92 Å². The van der Waals surface area contributed by atoms with Gasteiger partial charge in [-0.25, -0.2) is 0 Å². The summed E-state index contributed by atoms with van der Waals surface area (Å²) >= 11 is 9.46. The predicted molar refractivity (Wildman–Crippen MR) is 65.8 cm³/mol. The number of halogens is 2. The molecular formula is C11H9BrClNO. The molecule has 0 radical (unpaired) electrons. The molecule has 15 heavy (non-hydrogen) atoms. The number of benzene rings is 1. The van der Waals surface area contributed by atoms with Crippen LogP contribution < -0.4 is 0 Å². The smallest absolute Gasteiger partial charge is 0.176 e. The number of nitrogens with one attached hydrogen (secondary N) is 1. The Morgan fingerprint density at radius 3 is 2.73 bits per heavy atom. The minimum Gasteiger partial charge on any atom is -0.351 e. The van der Waals surface area contributed by atoms with E-state index in [0.717, 1.165) is 20.9 Å². The third kappa shape index (κ3) is 1.70. The number of rotatable bonds is 1. The number of aryl methyl sites for hydroxylation is 1. The normalized spacial score (nSPS) is 10.9. The summed E-state index contributed by atoms with van der Waals surface area (Å²) in [4.78, 5) is 14.4. The number of ketones is 1. The molecule has 0 aliphatic heterocycles. The summed E-state index contributed by atoms with van der Waals surface area (Å²) in [5.74, 6) is 0.0240. The van der Waals surface area contributed by atoms with Crippen LogP contribution in [0.1, 0.15) is 23.0 Å². The van der Waals surface area contributed by atoms with Gasteiger partial charge in [0, 0.05) is 16.8 Å². The van der Waals surface area contributed by atoms with Gasteiger partial charge in [0.2, 0.25) is 0 Å². The number of hydrogen-bond donors (Lipinski definition) is 1. The highest BCUT2D eigenvalue weighted by atomic mass is 79.9. The van der Waals surface area contributed by atoms with E-state index in [4.69, 9.17) is 11.6 Å². The maximum Gasteiger partial charge on any atom is 0.176 e. The van der Waals surface area contributed by atoms with Gasteiger partial charge in [-0.15, -0.1) is 0 Å². The van der Waals surface area contributed by atoms with E-state index in [1.165, 1.54) is 0 Å². The van der Waals surface area contributed by atoms with Gasteiger partial charge in [-0.1, -0.05) is 27.5 Å². The molecule has 0 atom stereocenters. The Hall–Kier alpha value is -0.800. The molecule has 0 saturated carbocycles. The number of Topliss-reactive ketones (excluding diaryl/α,β-unsaturated/α-hetero) is 1. The lowest BCUT2D eigenvalue weighted by molar-refractivity contribution is 0.101. The Morgan fingerprint density at radius 2 is 2.13 bits per heavy atom. The third-order valence-electron chi connectivity index (χ3n) is 2.44. The molecule has 78 valence electrons. The van der Waals surface area contributed by atoms with Crippen molar-refractivity contribution in [2.75, 3.05) is 0 Å². The van der Waals surface area contributed by atoms with Gasteiger partial charge in [-0.2, -0.15) is 0 Å². The van der Waals surface area contributed by atoms with Crippen molar-refractivity contribution < 1.29 is 4.79 Å². The molecule has 4 heteroatoms. The molecule has 0 spiro atoms. The highest BCUT2D eigenvalue weighted by Gasteiger charge is 2.13. The number of aromatic nitrogens is 1. The molecule has 0 fully saturated rings. The van der Waals surface area contributed by atoms with E-state index in [1.807, 2.05) is 19.1 Å². The monoisotopic (exact) mass is 285 g/mol. The molecule has 1 aromatic carbocycles. The summed E-state index contributed by atoms with van der Waals surface area (Å²) < 4.78 is 0.914. The summed E-state index contributed by atoms with van der Waals surface area (Å²) in [6.45, 7) is 3.46. The molecule has 2 nitrogen and oxygen atoms in total. The fourth-order valence-electron chi connectivity index (χ4n) is 1.70. The molecule has 0 amide bonds. The van der Waals surface area contributed by atoms with Gasteiger partial charge in [0.25, 0.3) is 0 Å². The maximum atomic E-state index is 11.3. The van der Waals surface area contributed by atoms with Crippen molar-refractivity contribution in [3.05, 3.63) is 32.9 Å². The third-order valence-corrected chi connectivity index (χ3v) is 3.19. The van der Waals surface area contributed by atoms with Gasteiger partial charge in [0.15, 0.2) is 5.78 Å². The average Bonchev–Trinajstić information content (AvgIpc) is 2.44. The number of aromatic amines is 1. The first kappa shape index (κ1) is 10.7. The van der Waals surface area contributed by atoms with E-state index in [0.29, 0.717) is 10.7 Å². The molecule has 0 aliphatic rings. The van der Waals surface area contributed by atoms with Gasteiger partial charge >= 0.3 is 0 Å². The maximum absolute atomic E-state index is 11.3. The minimum absolute atomic E-state index is 0.0240. The van der Waals surface area contributed by atoms with Crippen LogP contribution in [-0.4, -0.2) is 10.8 Å². The largest absolute Gasteiger partial charge is 0.351 e. The quantitative estimate of drug-likeness (QED) is 0.787. The first-order valence-corrected chi connectivity index (χ1v) is 5.66. The second-order valence-corrected chi connectivity index (χ2v) is 4.81. The minimum atomic E-state index is 0.0240. The predicted octanol–water partition coefficient (Wildman–Crippen LogP) is 4.09. The van der Waals surface area contributed by atoms with Crippen molar-refractivity contribution >= 4 is 44.2 Å². The van der Waals surface area contributed by atoms with Gasteiger partial charge in [-0.05, 0) is 24.6 Å². The van der Waals surface area contributed by atoms with E-state index in [2.05, 4.69) is 20.9 Å². The Bertz CT molecular complexity index is 559. The number of hydrogen-bond acceptors (Lipinski definition) is 1. The number of H-pyrrole nitrogens is 1. The van der Waals surface area contributed by atoms with Crippen LogP contribution in [0.4, 0.5) is 0 Å². The lowest BCUT2D eigenvalue weighted by Crippen LogP contribution is -1.93. The van der Waals surface area contributed by atoms with Crippen LogP contribution in [0, 0.1) is 6.92 Å². The first-order valence-electron chi connectivity index (χ1n) is 4.49. The second-order valence-electron chi connectivity index (χ2n) is 3.49. The molecule has 1 aromatic heterocycles. The topological polar surface area (TPSA) is 32.9 Å². The summed E-state index contributed by atoms with van der Waals surface area (Å²) in [5, 5.41) is 1.61. The zero-order valence-electron chi connectivity index (χ0n) is 8.32. The van der Waals surface area contributed by atoms with Crippen LogP contribution in [0.2, 0.25) is 5.02 Å². The fraction of sp³-hybridized carbons (Fsp3) is 0.182. The van der Waals surface area contributed by atoms with Crippen LogP contribution in [0.5, 0.6) is 0 Å². The fourth-order valence-corrected chi connectivity index (χ4v) is 2.56. The van der Waals surface area contributed by atoms with Crippen molar-refractivity contribution in [2.45, 2.75) is 13.8 Å². The number of carbonyl (C=O) groups excluding carboxylic acids is 1. The van der Waals surface area contributed by atoms with Crippen LogP contribution in [0.25, 0.3) is 10.9 Å². The molecule has 0 unspecified atom stereocenters. The van der Waals surface area contributed by atoms with E-state index in [9.17, 15) is 4.79 Å². The molecule has 1 N–H and O–H groups in total. The summed E-state index contributed by atoms with van der Waals surface area (Å²) in [6.07, 6.45) is 0. The Labute approximate surface area is 101 Å². The standard InChI is InChI=1S/C11H9BrClNO/c1-5-8-3-7(12)4-9(13)11(8)14-10(5)6(2)15/h3-4,14H,1-2H3. The second kappa shape index (κ2) is 3.65. The van der Waals surface area contributed by atoms with E-state index in [-0.39, 0.29) is 5.78 Å². The number of fused-ring (bicyclic) bond motifs is 1. The van der Waals surface area contributed by atoms with E-state index < -0.39 is 0 Å². The lowest BCUT2D eigenvalue weighted by atomic mass is 10.1. The molecular weight excluding hydrogens is 277 g/mol. The summed E-state index contributed by atoms with van der Waals surface area (Å²) in [5.41, 5.74) is 2.40. The molecule has 2 aromatic rings. The van der Waals surface area contributed by atoms with Crippen LogP contribution >= 0.6 is 27.5 Å².